The Hall–Kier alpha value is -7.50. The lowest BCUT2D eigenvalue weighted by atomic mass is 9.99. The van der Waals surface area contributed by atoms with Gasteiger partial charge < -0.3 is 8.82 Å². The second kappa shape index (κ2) is 10.6. The molecule has 5 nitrogen and oxygen atoms in total. The maximum absolute atomic E-state index is 6.59. The molecule has 13 aromatic rings. The fourth-order valence-electron chi connectivity index (χ4n) is 9.28. The number of nitrogens with zero attached hydrogens (tertiary/aromatic N) is 4. The van der Waals surface area contributed by atoms with Crippen molar-refractivity contribution in [1.29, 1.82) is 0 Å². The van der Waals surface area contributed by atoms with Gasteiger partial charge in [0.2, 0.25) is 5.71 Å². The number of hydrogen-bond donors (Lipinski definition) is 0. The topological polar surface area (TPSA) is 48.3 Å². The average molecular weight is 701 g/mol. The standard InChI is InChI=1S/C50H28N4O/c1-2-12-29(13-3-1)32-24-25-41-38(27-32)44-42(28-37-34-16-6-9-19-39(34)53-40-20-10-7-17-35(40)45(44)47(37)53)54(41)49-46-36-18-8-11-21-43(36)55-50(46)52-48(51-49)33-23-22-30-14-4-5-15-31(30)26-33/h1-28H. The summed E-state index contributed by atoms with van der Waals surface area (Å²) in [6, 6.07) is 60.6. The molecule has 0 radical (unpaired) electrons. The van der Waals surface area contributed by atoms with E-state index in [4.69, 9.17) is 14.4 Å². The van der Waals surface area contributed by atoms with Gasteiger partial charge in [-0.05, 0) is 64.4 Å². The molecule has 0 aliphatic carbocycles. The van der Waals surface area contributed by atoms with Crippen molar-refractivity contribution in [3.8, 4) is 28.3 Å². The molecule has 0 atom stereocenters. The molecule has 0 saturated carbocycles. The largest absolute Gasteiger partial charge is 0.437 e. The number of fused-ring (bicyclic) bond motifs is 14. The zero-order valence-electron chi connectivity index (χ0n) is 29.4. The van der Waals surface area contributed by atoms with Crippen LogP contribution in [0, 0.1) is 0 Å². The van der Waals surface area contributed by atoms with Gasteiger partial charge in [0.25, 0.3) is 0 Å². The minimum atomic E-state index is 0.567. The molecule has 5 heterocycles. The van der Waals surface area contributed by atoms with Gasteiger partial charge in [-0.2, -0.15) is 4.98 Å². The van der Waals surface area contributed by atoms with Crippen molar-refractivity contribution in [1.82, 2.24) is 18.9 Å². The van der Waals surface area contributed by atoms with E-state index >= 15 is 0 Å². The summed E-state index contributed by atoms with van der Waals surface area (Å²) in [5, 5.41) is 11.5. The van der Waals surface area contributed by atoms with Crippen LogP contribution in [0.2, 0.25) is 0 Å². The van der Waals surface area contributed by atoms with Gasteiger partial charge in [-0.1, -0.05) is 127 Å². The van der Waals surface area contributed by atoms with E-state index in [9.17, 15) is 0 Å². The Kier molecular flexibility index (Phi) is 5.57. The SMILES string of the molecule is c1ccc(-c2ccc3c(c2)c2c4c5ccccc5n5c6ccccc6c(cc2n3-c2nc(-c3ccc6ccccc6c3)nc3oc6ccccc6c23)c45)cc1. The summed E-state index contributed by atoms with van der Waals surface area (Å²) in [6.45, 7) is 0. The molecule has 5 heteroatoms. The number of hydrogen-bond acceptors (Lipinski definition) is 3. The Labute approximate surface area is 313 Å². The van der Waals surface area contributed by atoms with Gasteiger partial charge in [0, 0.05) is 43.3 Å². The summed E-state index contributed by atoms with van der Waals surface area (Å²) in [5.41, 5.74) is 10.5. The summed E-state index contributed by atoms with van der Waals surface area (Å²) in [6.07, 6.45) is 0. The number of aromatic nitrogens is 4. The van der Waals surface area contributed by atoms with Crippen molar-refractivity contribution < 1.29 is 4.42 Å². The van der Waals surface area contributed by atoms with Crippen molar-refractivity contribution in [2.75, 3.05) is 0 Å². The second-order valence-electron chi connectivity index (χ2n) is 14.6. The molecular weight excluding hydrogens is 673 g/mol. The van der Waals surface area contributed by atoms with Crippen molar-refractivity contribution in [2.24, 2.45) is 0 Å². The molecule has 13 rings (SSSR count). The third-order valence-electron chi connectivity index (χ3n) is 11.6. The minimum absolute atomic E-state index is 0.567. The van der Waals surface area contributed by atoms with Crippen LogP contribution in [-0.2, 0) is 0 Å². The maximum Gasteiger partial charge on any atom is 0.233 e. The first-order valence-corrected chi connectivity index (χ1v) is 18.7. The van der Waals surface area contributed by atoms with E-state index in [0.717, 1.165) is 44.2 Å². The van der Waals surface area contributed by atoms with E-state index in [-0.39, 0.29) is 0 Å². The molecule has 8 aromatic carbocycles. The van der Waals surface area contributed by atoms with Crippen LogP contribution in [0.25, 0.3) is 121 Å². The lowest BCUT2D eigenvalue weighted by Crippen LogP contribution is -2.02. The second-order valence-corrected chi connectivity index (χ2v) is 14.6. The van der Waals surface area contributed by atoms with E-state index in [0.29, 0.717) is 11.5 Å². The van der Waals surface area contributed by atoms with Gasteiger partial charge in [-0.25, -0.2) is 4.98 Å². The van der Waals surface area contributed by atoms with E-state index in [1.54, 1.807) is 0 Å². The third kappa shape index (κ3) is 3.86. The minimum Gasteiger partial charge on any atom is -0.437 e. The summed E-state index contributed by atoms with van der Waals surface area (Å²) in [7, 11) is 0. The van der Waals surface area contributed by atoms with Gasteiger partial charge in [-0.15, -0.1) is 0 Å². The maximum atomic E-state index is 6.59. The lowest BCUT2D eigenvalue weighted by molar-refractivity contribution is 0.653. The fraction of sp³-hybridized carbons (Fsp3) is 0. The number of benzene rings is 8. The number of para-hydroxylation sites is 3. The van der Waals surface area contributed by atoms with Gasteiger partial charge >= 0.3 is 0 Å². The summed E-state index contributed by atoms with van der Waals surface area (Å²) in [4.78, 5) is 10.7. The summed E-state index contributed by atoms with van der Waals surface area (Å²) in [5.74, 6) is 1.42. The highest BCUT2D eigenvalue weighted by Crippen LogP contribution is 2.48. The molecule has 0 unspecified atom stereocenters. The first-order valence-electron chi connectivity index (χ1n) is 18.7. The summed E-state index contributed by atoms with van der Waals surface area (Å²) >= 11 is 0. The molecule has 0 amide bonds. The van der Waals surface area contributed by atoms with Crippen LogP contribution in [0.3, 0.4) is 0 Å². The van der Waals surface area contributed by atoms with Crippen LogP contribution >= 0.6 is 0 Å². The average Bonchev–Trinajstić information content (AvgIpc) is 3.98. The predicted octanol–water partition coefficient (Wildman–Crippen LogP) is 13.1. The smallest absolute Gasteiger partial charge is 0.233 e. The molecule has 0 bridgehead atoms. The normalized spacial score (nSPS) is 12.4. The summed E-state index contributed by atoms with van der Waals surface area (Å²) < 4.78 is 11.4. The predicted molar refractivity (Wildman–Crippen MR) is 227 cm³/mol. The van der Waals surface area contributed by atoms with Crippen molar-refractivity contribution in [3.63, 3.8) is 0 Å². The van der Waals surface area contributed by atoms with Crippen LogP contribution in [-0.4, -0.2) is 18.9 Å². The fourth-order valence-corrected chi connectivity index (χ4v) is 9.28. The van der Waals surface area contributed by atoms with Crippen LogP contribution in [0.15, 0.2) is 174 Å². The molecular formula is C50H28N4O. The Morgan fingerprint density at radius 2 is 1.11 bits per heavy atom. The molecule has 0 fully saturated rings. The van der Waals surface area contributed by atoms with Gasteiger partial charge in [0.15, 0.2) is 11.6 Å². The zero-order chi connectivity index (χ0) is 35.8. The number of furan rings is 1. The molecule has 55 heavy (non-hydrogen) atoms. The molecule has 0 saturated heterocycles. The van der Waals surface area contributed by atoms with E-state index in [2.05, 4.69) is 167 Å². The van der Waals surface area contributed by atoms with Gasteiger partial charge in [0.05, 0.1) is 33.0 Å². The lowest BCUT2D eigenvalue weighted by Gasteiger charge is -2.11. The van der Waals surface area contributed by atoms with E-state index in [1.165, 1.54) is 65.4 Å². The Morgan fingerprint density at radius 3 is 1.98 bits per heavy atom. The Balaban J connectivity index is 1.25. The molecule has 0 N–H and O–H groups in total. The highest BCUT2D eigenvalue weighted by molar-refractivity contribution is 6.36. The van der Waals surface area contributed by atoms with Gasteiger partial charge in [-0.3, -0.25) is 4.57 Å². The van der Waals surface area contributed by atoms with Crippen molar-refractivity contribution >= 4 is 92.7 Å². The molecule has 254 valence electrons. The first kappa shape index (κ1) is 29.0. The van der Waals surface area contributed by atoms with Crippen LogP contribution < -0.4 is 0 Å². The third-order valence-corrected chi connectivity index (χ3v) is 11.6. The van der Waals surface area contributed by atoms with Crippen molar-refractivity contribution in [3.05, 3.63) is 170 Å². The molecule has 0 aliphatic heterocycles. The highest BCUT2D eigenvalue weighted by atomic mass is 16.3. The van der Waals surface area contributed by atoms with Gasteiger partial charge in [0.1, 0.15) is 5.58 Å². The van der Waals surface area contributed by atoms with E-state index < -0.39 is 0 Å². The van der Waals surface area contributed by atoms with Crippen LogP contribution in [0.1, 0.15) is 0 Å². The molecule has 5 aromatic heterocycles. The quantitative estimate of drug-likeness (QED) is 0.184. The highest BCUT2D eigenvalue weighted by Gasteiger charge is 2.27. The number of rotatable bonds is 3. The van der Waals surface area contributed by atoms with Crippen LogP contribution in [0.4, 0.5) is 0 Å². The van der Waals surface area contributed by atoms with Crippen molar-refractivity contribution in [2.45, 2.75) is 0 Å². The molecule has 0 aliphatic rings. The Morgan fingerprint density at radius 1 is 0.400 bits per heavy atom. The monoisotopic (exact) mass is 700 g/mol. The van der Waals surface area contributed by atoms with Crippen LogP contribution in [0.5, 0.6) is 0 Å². The van der Waals surface area contributed by atoms with E-state index in [1.807, 2.05) is 12.1 Å². The zero-order valence-corrected chi connectivity index (χ0v) is 29.4. The molecule has 0 spiro atoms. The Bertz CT molecular complexity index is 3720. The first-order chi connectivity index (χ1) is 27.3.